The molecule has 0 saturated carbocycles. The smallest absolute Gasteiger partial charge is 0.237 e. The van der Waals surface area contributed by atoms with E-state index in [2.05, 4.69) is 10.6 Å². The van der Waals surface area contributed by atoms with Gasteiger partial charge in [0, 0.05) is 6.54 Å². The Morgan fingerprint density at radius 1 is 1.25 bits per heavy atom. The average molecular weight is 285 g/mol. The highest BCUT2D eigenvalue weighted by molar-refractivity contribution is 5.84. The fraction of sp³-hybridized carbons (Fsp3) is 0.750. The number of guanidine groups is 1. The molecule has 0 rings (SSSR count). The van der Waals surface area contributed by atoms with Gasteiger partial charge in [-0.2, -0.15) is 0 Å². The first-order valence-corrected chi connectivity index (χ1v) is 6.72. The molecule has 1 amide bonds. The van der Waals surface area contributed by atoms with Gasteiger partial charge in [-0.05, 0) is 32.2 Å². The van der Waals surface area contributed by atoms with Gasteiger partial charge in [0.1, 0.15) is 0 Å². The Hall–Kier alpha value is -1.67. The van der Waals surface area contributed by atoms with Crippen LogP contribution >= 0.6 is 0 Å². The second kappa shape index (κ2) is 11.2. The SMILES string of the molecule is N=C(N)NCCC[C@@H]([C]=O)NC(=O)[C@@H](N)CCCCN. The van der Waals surface area contributed by atoms with Gasteiger partial charge in [0.2, 0.25) is 12.2 Å². The van der Waals surface area contributed by atoms with Gasteiger partial charge in [0.15, 0.2) is 5.96 Å². The van der Waals surface area contributed by atoms with Crippen molar-refractivity contribution in [2.24, 2.45) is 17.2 Å². The fourth-order valence-corrected chi connectivity index (χ4v) is 1.61. The van der Waals surface area contributed by atoms with E-state index in [1.807, 2.05) is 0 Å². The van der Waals surface area contributed by atoms with Crippen LogP contribution in [0.1, 0.15) is 32.1 Å². The molecule has 0 unspecified atom stereocenters. The number of nitrogens with two attached hydrogens (primary N) is 3. The van der Waals surface area contributed by atoms with Crippen molar-refractivity contribution in [3.63, 3.8) is 0 Å². The van der Waals surface area contributed by atoms with E-state index in [1.54, 1.807) is 6.29 Å². The molecule has 0 heterocycles. The van der Waals surface area contributed by atoms with Crippen LogP contribution in [0.15, 0.2) is 0 Å². The Morgan fingerprint density at radius 2 is 1.95 bits per heavy atom. The van der Waals surface area contributed by atoms with E-state index < -0.39 is 12.1 Å². The fourth-order valence-electron chi connectivity index (χ4n) is 1.61. The second-order valence-corrected chi connectivity index (χ2v) is 4.55. The van der Waals surface area contributed by atoms with Gasteiger partial charge in [0.05, 0.1) is 12.1 Å². The van der Waals surface area contributed by atoms with E-state index in [9.17, 15) is 9.59 Å². The Balaban J connectivity index is 3.92. The van der Waals surface area contributed by atoms with Crippen LogP contribution in [0, 0.1) is 5.41 Å². The van der Waals surface area contributed by atoms with Gasteiger partial charge >= 0.3 is 0 Å². The predicted molar refractivity (Wildman–Crippen MR) is 77.7 cm³/mol. The largest absolute Gasteiger partial charge is 0.370 e. The van der Waals surface area contributed by atoms with Crippen molar-refractivity contribution in [3.8, 4) is 0 Å². The summed E-state index contributed by atoms with van der Waals surface area (Å²) in [5.41, 5.74) is 16.2. The summed E-state index contributed by atoms with van der Waals surface area (Å²) >= 11 is 0. The Morgan fingerprint density at radius 3 is 2.50 bits per heavy atom. The topological polar surface area (TPSA) is 160 Å². The van der Waals surface area contributed by atoms with Crippen LogP contribution in [0.4, 0.5) is 0 Å². The third-order valence-corrected chi connectivity index (χ3v) is 2.75. The molecule has 8 heteroatoms. The molecule has 0 fully saturated rings. The molecule has 0 spiro atoms. The molecule has 115 valence electrons. The third-order valence-electron chi connectivity index (χ3n) is 2.75. The van der Waals surface area contributed by atoms with Gasteiger partial charge in [-0.25, -0.2) is 0 Å². The molecular formula is C12H25N6O2. The highest BCUT2D eigenvalue weighted by Crippen LogP contribution is 2.00. The minimum atomic E-state index is -0.684. The molecular weight excluding hydrogens is 260 g/mol. The Labute approximate surface area is 119 Å². The quantitative estimate of drug-likeness (QED) is 0.151. The number of hydrogen-bond acceptors (Lipinski definition) is 5. The molecule has 1 radical (unpaired) electrons. The zero-order valence-electron chi connectivity index (χ0n) is 11.7. The van der Waals surface area contributed by atoms with Crippen LogP contribution in [-0.4, -0.2) is 43.3 Å². The number of amides is 1. The molecule has 8 nitrogen and oxygen atoms in total. The first-order chi connectivity index (χ1) is 9.51. The first-order valence-electron chi connectivity index (χ1n) is 6.72. The molecule has 0 bridgehead atoms. The lowest BCUT2D eigenvalue weighted by Crippen LogP contribution is -2.46. The summed E-state index contributed by atoms with van der Waals surface area (Å²) in [6.07, 6.45) is 4.92. The van der Waals surface area contributed by atoms with Crippen molar-refractivity contribution in [3.05, 3.63) is 0 Å². The van der Waals surface area contributed by atoms with E-state index in [4.69, 9.17) is 22.6 Å². The van der Waals surface area contributed by atoms with Crippen molar-refractivity contribution < 1.29 is 9.59 Å². The molecule has 2 atom stereocenters. The van der Waals surface area contributed by atoms with Crippen molar-refractivity contribution in [2.45, 2.75) is 44.2 Å². The molecule has 0 aromatic heterocycles. The van der Waals surface area contributed by atoms with Gasteiger partial charge in [-0.15, -0.1) is 0 Å². The number of rotatable bonds is 11. The summed E-state index contributed by atoms with van der Waals surface area (Å²) in [7, 11) is 0. The molecule has 20 heavy (non-hydrogen) atoms. The number of hydrogen-bond donors (Lipinski definition) is 6. The van der Waals surface area contributed by atoms with Crippen LogP contribution in [0.2, 0.25) is 0 Å². The zero-order valence-corrected chi connectivity index (χ0v) is 11.7. The molecule has 0 aliphatic rings. The molecule has 9 N–H and O–H groups in total. The second-order valence-electron chi connectivity index (χ2n) is 4.55. The maximum Gasteiger partial charge on any atom is 0.237 e. The normalized spacial score (nSPS) is 13.3. The predicted octanol–water partition coefficient (Wildman–Crippen LogP) is -1.70. The van der Waals surface area contributed by atoms with E-state index >= 15 is 0 Å². The molecule has 0 aromatic carbocycles. The number of unbranched alkanes of at least 4 members (excludes halogenated alkanes) is 1. The van der Waals surface area contributed by atoms with Crippen LogP contribution in [0.3, 0.4) is 0 Å². The number of nitrogens with one attached hydrogen (secondary N) is 3. The van der Waals surface area contributed by atoms with Gasteiger partial charge in [0.25, 0.3) is 0 Å². The summed E-state index contributed by atoms with van der Waals surface area (Å²) in [4.78, 5) is 22.5. The van der Waals surface area contributed by atoms with Crippen LogP contribution in [0.25, 0.3) is 0 Å². The number of carbonyl (C=O) groups excluding carboxylic acids is 2. The molecule has 0 aliphatic carbocycles. The third kappa shape index (κ3) is 9.29. The van der Waals surface area contributed by atoms with Crippen molar-refractivity contribution in [1.82, 2.24) is 10.6 Å². The summed E-state index contributed by atoms with van der Waals surface area (Å²) in [5, 5.41) is 12.1. The Kier molecular flexibility index (Phi) is 10.2. The van der Waals surface area contributed by atoms with Gasteiger partial charge < -0.3 is 27.8 Å². The van der Waals surface area contributed by atoms with E-state index in [1.165, 1.54) is 0 Å². The first kappa shape index (κ1) is 18.3. The molecule has 0 aromatic rings. The maximum absolute atomic E-state index is 11.7. The maximum atomic E-state index is 11.7. The highest BCUT2D eigenvalue weighted by atomic mass is 16.2. The van der Waals surface area contributed by atoms with E-state index in [0.29, 0.717) is 32.4 Å². The minimum absolute atomic E-state index is 0.123. The van der Waals surface area contributed by atoms with Crippen LogP contribution in [0.5, 0.6) is 0 Å². The zero-order chi connectivity index (χ0) is 15.4. The Bertz CT molecular complexity index is 310. The average Bonchev–Trinajstić information content (AvgIpc) is 2.41. The summed E-state index contributed by atoms with van der Waals surface area (Å²) < 4.78 is 0. The van der Waals surface area contributed by atoms with Crippen molar-refractivity contribution >= 4 is 18.2 Å². The van der Waals surface area contributed by atoms with Crippen LogP contribution < -0.4 is 27.8 Å². The van der Waals surface area contributed by atoms with Gasteiger partial charge in [-0.1, -0.05) is 6.42 Å². The van der Waals surface area contributed by atoms with Crippen LogP contribution in [-0.2, 0) is 9.59 Å². The summed E-state index contributed by atoms with van der Waals surface area (Å²) in [5.74, 6) is -0.475. The van der Waals surface area contributed by atoms with Crippen molar-refractivity contribution in [1.29, 1.82) is 5.41 Å². The molecule has 0 aliphatic heterocycles. The van der Waals surface area contributed by atoms with Gasteiger partial charge in [-0.3, -0.25) is 15.0 Å². The monoisotopic (exact) mass is 285 g/mol. The lowest BCUT2D eigenvalue weighted by molar-refractivity contribution is -0.122. The van der Waals surface area contributed by atoms with Crippen molar-refractivity contribution in [2.75, 3.05) is 13.1 Å². The lowest BCUT2D eigenvalue weighted by Gasteiger charge is -2.16. The molecule has 0 saturated heterocycles. The lowest BCUT2D eigenvalue weighted by atomic mass is 10.1. The standard InChI is InChI=1S/C12H25N6O2/c13-6-2-1-5-10(14)11(20)18-9(8-19)4-3-7-17-12(15)16/h9-10H,1-7,13-14H2,(H,18,20)(H4,15,16,17)/t9-,10-/m0/s1. The summed E-state index contributed by atoms with van der Waals surface area (Å²) in [6.45, 7) is 1.04. The minimum Gasteiger partial charge on any atom is -0.370 e. The highest BCUT2D eigenvalue weighted by Gasteiger charge is 2.17. The van der Waals surface area contributed by atoms with E-state index in [-0.39, 0.29) is 11.9 Å². The summed E-state index contributed by atoms with van der Waals surface area (Å²) in [6, 6.07) is -1.32. The van der Waals surface area contributed by atoms with E-state index in [0.717, 1.165) is 12.8 Å². The number of carbonyl (C=O) groups is 1.